The first-order valence-electron chi connectivity index (χ1n) is 10.2. The van der Waals surface area contributed by atoms with Gasteiger partial charge in [-0.2, -0.15) is 18.2 Å². The first kappa shape index (κ1) is 25.9. The summed E-state index contributed by atoms with van der Waals surface area (Å²) in [5.74, 6) is -0.677. The number of aromatic nitrogens is 3. The molecule has 36 heavy (non-hydrogen) atoms. The monoisotopic (exact) mass is 499 g/mol. The average Bonchev–Trinajstić information content (AvgIpc) is 2.85. The Kier molecular flexibility index (Phi) is 8.36. The Labute approximate surface area is 203 Å². The number of pyridine rings is 1. The van der Waals surface area contributed by atoms with Crippen molar-refractivity contribution in [3.8, 4) is 22.8 Å². The van der Waals surface area contributed by atoms with Crippen LogP contribution in [0.1, 0.15) is 5.69 Å². The number of halogens is 3. The second kappa shape index (κ2) is 11.6. The molecular weight excluding hydrogens is 479 g/mol. The quantitative estimate of drug-likeness (QED) is 0.295. The number of aliphatic carboxylic acids is 1. The lowest BCUT2D eigenvalue weighted by Gasteiger charge is -2.10. The fourth-order valence-corrected chi connectivity index (χ4v) is 2.78. The van der Waals surface area contributed by atoms with Crippen molar-refractivity contribution in [3.05, 3.63) is 84.7 Å². The van der Waals surface area contributed by atoms with Gasteiger partial charge in [-0.05, 0) is 30.3 Å². The van der Waals surface area contributed by atoms with Crippen molar-refractivity contribution < 1.29 is 32.9 Å². The van der Waals surface area contributed by atoms with Gasteiger partial charge in [0.15, 0.2) is 0 Å². The number of hydrogen-bond donors (Lipinski definition) is 4. The van der Waals surface area contributed by atoms with Gasteiger partial charge in [-0.1, -0.05) is 30.3 Å². The number of carbonyl (C=O) groups is 1. The van der Waals surface area contributed by atoms with Gasteiger partial charge in [0.05, 0.1) is 18.0 Å². The third kappa shape index (κ3) is 7.67. The molecule has 186 valence electrons. The number of nitrogen functional groups attached to an aromatic ring is 1. The maximum Gasteiger partial charge on any atom is 0.490 e. The summed E-state index contributed by atoms with van der Waals surface area (Å²) < 4.78 is 37.5. The summed E-state index contributed by atoms with van der Waals surface area (Å²) in [6.45, 7) is -0.132. The van der Waals surface area contributed by atoms with Crippen molar-refractivity contribution in [2.75, 3.05) is 11.1 Å². The zero-order valence-corrected chi connectivity index (χ0v) is 18.5. The van der Waals surface area contributed by atoms with E-state index in [-0.39, 0.29) is 12.6 Å². The summed E-state index contributed by atoms with van der Waals surface area (Å²) in [5.41, 5.74) is 8.98. The molecule has 0 bridgehead atoms. The lowest BCUT2D eigenvalue weighted by molar-refractivity contribution is -0.192. The summed E-state index contributed by atoms with van der Waals surface area (Å²) >= 11 is 0. The number of nitrogens with zero attached hydrogens (tertiary/aromatic N) is 3. The molecule has 0 fully saturated rings. The summed E-state index contributed by atoms with van der Waals surface area (Å²) in [7, 11) is 0. The van der Waals surface area contributed by atoms with E-state index < -0.39 is 12.1 Å². The molecule has 0 spiro atoms. The molecule has 2 aromatic heterocycles. The van der Waals surface area contributed by atoms with Crippen molar-refractivity contribution >= 4 is 23.4 Å². The Hall–Kier alpha value is -4.71. The van der Waals surface area contributed by atoms with Crippen molar-refractivity contribution in [1.29, 1.82) is 0 Å². The van der Waals surface area contributed by atoms with Crippen molar-refractivity contribution in [3.63, 3.8) is 0 Å². The Bertz CT molecular complexity index is 1300. The van der Waals surface area contributed by atoms with Crippen LogP contribution in [0.25, 0.3) is 11.3 Å². The third-order valence-electron chi connectivity index (χ3n) is 4.37. The lowest BCUT2D eigenvalue weighted by Crippen LogP contribution is -2.21. The highest BCUT2D eigenvalue weighted by Gasteiger charge is 2.38. The second-order valence-electron chi connectivity index (χ2n) is 7.06. The van der Waals surface area contributed by atoms with E-state index in [1.807, 2.05) is 60.7 Å². The number of nitrogens with one attached hydrogen (secondary N) is 1. The standard InChI is InChI=1S/C22H19N5O2.C2HF3O2/c23-22-26-20(15-4-2-1-3-5-15)13-21(27-22)25-16-6-8-18(9-7-16)29-19-10-11-24-17(12-19)14-28;3-2(4,5)1(6)7/h1-13,28H,14H2,(H3,23,25,26,27);(H,6,7). The van der Waals surface area contributed by atoms with Crippen LogP contribution in [0.5, 0.6) is 11.5 Å². The van der Waals surface area contributed by atoms with Gasteiger partial charge in [-0.3, -0.25) is 4.98 Å². The molecule has 0 unspecified atom stereocenters. The number of hydrogen-bond acceptors (Lipinski definition) is 8. The molecule has 0 saturated carbocycles. The number of rotatable bonds is 6. The van der Waals surface area contributed by atoms with E-state index in [1.54, 1.807) is 18.3 Å². The Morgan fingerprint density at radius 1 is 0.972 bits per heavy atom. The summed E-state index contributed by atoms with van der Waals surface area (Å²) in [6, 6.07) is 22.5. The van der Waals surface area contributed by atoms with Crippen LogP contribution in [0.4, 0.5) is 30.6 Å². The molecule has 5 N–H and O–H groups in total. The van der Waals surface area contributed by atoms with Gasteiger partial charge in [0.25, 0.3) is 0 Å². The largest absolute Gasteiger partial charge is 0.490 e. The number of anilines is 3. The highest BCUT2D eigenvalue weighted by molar-refractivity contribution is 5.73. The smallest absolute Gasteiger partial charge is 0.475 e. The summed E-state index contributed by atoms with van der Waals surface area (Å²) in [4.78, 5) is 21.5. The predicted octanol–water partition coefficient (Wildman–Crippen LogP) is 4.78. The van der Waals surface area contributed by atoms with Crippen LogP contribution in [0.15, 0.2) is 79.0 Å². The number of carboxylic acids is 1. The van der Waals surface area contributed by atoms with Crippen molar-refractivity contribution in [2.24, 2.45) is 0 Å². The molecule has 2 heterocycles. The second-order valence-corrected chi connectivity index (χ2v) is 7.06. The molecule has 0 atom stereocenters. The van der Waals surface area contributed by atoms with Gasteiger partial charge >= 0.3 is 12.1 Å². The molecule has 12 heteroatoms. The van der Waals surface area contributed by atoms with Crippen LogP contribution in [-0.4, -0.2) is 37.3 Å². The van der Waals surface area contributed by atoms with E-state index in [0.29, 0.717) is 23.0 Å². The maximum absolute atomic E-state index is 10.6. The van der Waals surface area contributed by atoms with Crippen LogP contribution in [0.3, 0.4) is 0 Å². The van der Waals surface area contributed by atoms with Gasteiger partial charge in [-0.25, -0.2) is 9.78 Å². The Morgan fingerprint density at radius 3 is 2.25 bits per heavy atom. The first-order chi connectivity index (χ1) is 17.1. The first-order valence-corrected chi connectivity index (χ1v) is 10.2. The lowest BCUT2D eigenvalue weighted by atomic mass is 10.1. The number of benzene rings is 2. The number of nitrogens with two attached hydrogens (primary N) is 1. The normalized spacial score (nSPS) is 10.7. The van der Waals surface area contributed by atoms with E-state index in [0.717, 1.165) is 16.9 Å². The Morgan fingerprint density at radius 2 is 1.64 bits per heavy atom. The number of carboxylic acid groups (broad SMARTS) is 1. The van der Waals surface area contributed by atoms with E-state index in [1.165, 1.54) is 0 Å². The van der Waals surface area contributed by atoms with Crippen LogP contribution >= 0.6 is 0 Å². The van der Waals surface area contributed by atoms with Crippen LogP contribution in [0, 0.1) is 0 Å². The molecule has 2 aromatic carbocycles. The summed E-state index contributed by atoms with van der Waals surface area (Å²) in [6.07, 6.45) is -3.49. The number of alkyl halides is 3. The Balaban J connectivity index is 0.000000454. The molecule has 0 amide bonds. The minimum atomic E-state index is -5.08. The van der Waals surface area contributed by atoms with Crippen LogP contribution in [0.2, 0.25) is 0 Å². The van der Waals surface area contributed by atoms with E-state index in [2.05, 4.69) is 20.3 Å². The average molecular weight is 499 g/mol. The molecule has 4 aromatic rings. The molecule has 9 nitrogen and oxygen atoms in total. The number of aliphatic hydroxyl groups excluding tert-OH is 1. The molecule has 0 aliphatic carbocycles. The summed E-state index contributed by atoms with van der Waals surface area (Å²) in [5, 5.41) is 19.5. The fraction of sp³-hybridized carbons (Fsp3) is 0.0833. The highest BCUT2D eigenvalue weighted by Crippen LogP contribution is 2.26. The topological polar surface area (TPSA) is 143 Å². The van der Waals surface area contributed by atoms with Gasteiger partial charge in [0.1, 0.15) is 17.3 Å². The number of aliphatic hydroxyl groups is 1. The molecule has 4 rings (SSSR count). The van der Waals surface area contributed by atoms with E-state index in [4.69, 9.17) is 20.4 Å². The SMILES string of the molecule is Nc1nc(Nc2ccc(Oc3ccnc(CO)c3)cc2)cc(-c2ccccc2)n1.O=C(O)C(F)(F)F. The van der Waals surface area contributed by atoms with Gasteiger partial charge in [0, 0.05) is 29.6 Å². The fourth-order valence-electron chi connectivity index (χ4n) is 2.78. The van der Waals surface area contributed by atoms with Crippen LogP contribution in [-0.2, 0) is 11.4 Å². The van der Waals surface area contributed by atoms with E-state index >= 15 is 0 Å². The predicted molar refractivity (Wildman–Crippen MR) is 126 cm³/mol. The van der Waals surface area contributed by atoms with E-state index in [9.17, 15) is 18.3 Å². The van der Waals surface area contributed by atoms with Gasteiger partial charge < -0.3 is 26.0 Å². The molecule has 0 aliphatic rings. The highest BCUT2D eigenvalue weighted by atomic mass is 19.4. The zero-order chi connectivity index (χ0) is 26.1. The zero-order valence-electron chi connectivity index (χ0n) is 18.5. The maximum atomic E-state index is 10.6. The third-order valence-corrected chi connectivity index (χ3v) is 4.37. The molecule has 0 saturated heterocycles. The van der Waals surface area contributed by atoms with Crippen molar-refractivity contribution in [1.82, 2.24) is 15.0 Å². The molecule has 0 aliphatic heterocycles. The van der Waals surface area contributed by atoms with Crippen LogP contribution < -0.4 is 15.8 Å². The minimum absolute atomic E-state index is 0.132. The molecular formula is C24H20F3N5O4. The van der Waals surface area contributed by atoms with Gasteiger partial charge in [0.2, 0.25) is 5.95 Å². The van der Waals surface area contributed by atoms with Crippen molar-refractivity contribution in [2.45, 2.75) is 12.8 Å². The van der Waals surface area contributed by atoms with Gasteiger partial charge in [-0.15, -0.1) is 0 Å². The minimum Gasteiger partial charge on any atom is -0.475 e. The molecule has 0 radical (unpaired) electrons. The number of ether oxygens (including phenoxy) is 1.